The minimum atomic E-state index is -3.18. The van der Waals surface area contributed by atoms with E-state index in [4.69, 9.17) is 14.8 Å². The fourth-order valence-corrected chi connectivity index (χ4v) is 4.64. The van der Waals surface area contributed by atoms with E-state index in [-0.39, 0.29) is 6.61 Å². The van der Waals surface area contributed by atoms with Crippen molar-refractivity contribution in [3.63, 3.8) is 0 Å². The van der Waals surface area contributed by atoms with Crippen LogP contribution in [0, 0.1) is 0 Å². The fourth-order valence-electron chi connectivity index (χ4n) is 3.15. The molecule has 0 aromatic heterocycles. The highest BCUT2D eigenvalue weighted by Gasteiger charge is 2.27. The van der Waals surface area contributed by atoms with E-state index >= 15 is 0 Å². The summed E-state index contributed by atoms with van der Waals surface area (Å²) in [6.45, 7) is 9.14. The van der Waals surface area contributed by atoms with Crippen molar-refractivity contribution in [1.82, 2.24) is 0 Å². The molecule has 0 amide bonds. The van der Waals surface area contributed by atoms with Gasteiger partial charge >= 0.3 is 7.60 Å². The first-order valence-corrected chi connectivity index (χ1v) is 13.6. The molecule has 0 spiro atoms. The second-order valence-corrected chi connectivity index (χ2v) is 11.2. The maximum Gasteiger partial charge on any atom is 0.328 e. The predicted molar refractivity (Wildman–Crippen MR) is 125 cm³/mol. The Kier molecular flexibility index (Phi) is 16.4. The van der Waals surface area contributed by atoms with E-state index in [9.17, 15) is 9.67 Å². The minimum absolute atomic E-state index is 0.00614. The van der Waals surface area contributed by atoms with Crippen LogP contribution < -0.4 is 5.73 Å². The van der Waals surface area contributed by atoms with E-state index in [1.807, 2.05) is 26.8 Å². The van der Waals surface area contributed by atoms with Crippen molar-refractivity contribution < 1.29 is 18.7 Å². The smallest absolute Gasteiger partial charge is 0.328 e. The topological polar surface area (TPSA) is 81.8 Å². The van der Waals surface area contributed by atoms with Crippen LogP contribution in [0.1, 0.15) is 105 Å². The van der Waals surface area contributed by atoms with Crippen molar-refractivity contribution in [2.75, 3.05) is 13.3 Å². The van der Waals surface area contributed by atoms with E-state index < -0.39 is 25.3 Å². The summed E-state index contributed by atoms with van der Waals surface area (Å²) in [5.74, 6) is 0. The fraction of sp³-hybridized carbons (Fsp3) is 0.913. The van der Waals surface area contributed by atoms with Crippen LogP contribution in [-0.2, 0) is 13.6 Å². The molecule has 6 heteroatoms. The first kappa shape index (κ1) is 28.8. The Balaban J connectivity index is 3.72. The Hall–Kier alpha value is -0.190. The van der Waals surface area contributed by atoms with E-state index in [0.29, 0.717) is 0 Å². The van der Waals surface area contributed by atoms with Crippen LogP contribution in [-0.4, -0.2) is 36.1 Å². The summed E-state index contributed by atoms with van der Waals surface area (Å²) in [7, 11) is -3.18. The van der Waals surface area contributed by atoms with Crippen molar-refractivity contribution in [3.05, 3.63) is 12.2 Å². The molecule has 0 fully saturated rings. The molecule has 0 aliphatic heterocycles. The molecule has 3 atom stereocenters. The molecule has 0 rings (SSSR count). The molecule has 0 saturated heterocycles. The van der Waals surface area contributed by atoms with E-state index in [0.717, 1.165) is 12.8 Å². The second kappa shape index (κ2) is 16.5. The van der Waals surface area contributed by atoms with Gasteiger partial charge in [0.25, 0.3) is 0 Å². The average Bonchev–Trinajstić information content (AvgIpc) is 2.61. The Morgan fingerprint density at radius 1 is 0.966 bits per heavy atom. The molecule has 0 aliphatic carbocycles. The van der Waals surface area contributed by atoms with Gasteiger partial charge < -0.3 is 19.9 Å². The summed E-state index contributed by atoms with van der Waals surface area (Å²) in [4.78, 5) is 0. The highest BCUT2D eigenvalue weighted by atomic mass is 31.2. The third-order valence-corrected chi connectivity index (χ3v) is 6.18. The number of allylic oxidation sites excluding steroid dienone is 1. The quantitative estimate of drug-likeness (QED) is 0.145. The third kappa shape index (κ3) is 19.5. The summed E-state index contributed by atoms with van der Waals surface area (Å²) in [5.41, 5.74) is 5.38. The minimum Gasteiger partial charge on any atom is -0.387 e. The first-order chi connectivity index (χ1) is 13.6. The molecular weight excluding hydrogens is 385 g/mol. The largest absolute Gasteiger partial charge is 0.387 e. The Morgan fingerprint density at radius 2 is 1.45 bits per heavy atom. The third-order valence-electron chi connectivity index (χ3n) is 4.69. The predicted octanol–water partition coefficient (Wildman–Crippen LogP) is 6.59. The van der Waals surface area contributed by atoms with Crippen molar-refractivity contribution >= 4 is 7.60 Å². The molecule has 0 aromatic carbocycles. The second-order valence-electron chi connectivity index (χ2n) is 9.18. The summed E-state index contributed by atoms with van der Waals surface area (Å²) in [6.07, 6.45) is 18.4. The highest BCUT2D eigenvalue weighted by molar-refractivity contribution is 7.53. The van der Waals surface area contributed by atoms with Gasteiger partial charge in [-0.1, -0.05) is 83.3 Å². The number of aliphatic hydroxyl groups excluding tert-OH is 1. The molecule has 0 saturated carbocycles. The van der Waals surface area contributed by atoms with Crippen LogP contribution in [0.4, 0.5) is 0 Å². The summed E-state index contributed by atoms with van der Waals surface area (Å²) >= 11 is 0. The molecule has 0 heterocycles. The van der Waals surface area contributed by atoms with Gasteiger partial charge in [-0.15, -0.1) is 0 Å². The lowest BCUT2D eigenvalue weighted by molar-refractivity contribution is 0.0852. The lowest BCUT2D eigenvalue weighted by Crippen LogP contribution is -2.37. The van der Waals surface area contributed by atoms with E-state index in [1.165, 1.54) is 70.9 Å². The van der Waals surface area contributed by atoms with Crippen LogP contribution in [0.2, 0.25) is 0 Å². The van der Waals surface area contributed by atoms with Gasteiger partial charge in [-0.3, -0.25) is 4.57 Å². The van der Waals surface area contributed by atoms with Gasteiger partial charge in [-0.05, 0) is 33.6 Å². The maximum absolute atomic E-state index is 12.2. The van der Waals surface area contributed by atoms with Crippen LogP contribution in [0.5, 0.6) is 0 Å². The molecule has 0 aromatic rings. The molecule has 1 unspecified atom stereocenters. The van der Waals surface area contributed by atoms with Gasteiger partial charge in [0.1, 0.15) is 0 Å². The van der Waals surface area contributed by atoms with Crippen molar-refractivity contribution in [2.45, 2.75) is 122 Å². The zero-order valence-corrected chi connectivity index (χ0v) is 20.6. The van der Waals surface area contributed by atoms with Gasteiger partial charge in [-0.25, -0.2) is 0 Å². The molecule has 0 radical (unpaired) electrons. The molecule has 3 N–H and O–H groups in total. The van der Waals surface area contributed by atoms with E-state index in [1.54, 1.807) is 6.08 Å². The van der Waals surface area contributed by atoms with Crippen LogP contribution >= 0.6 is 7.60 Å². The van der Waals surface area contributed by atoms with Crippen LogP contribution in [0.25, 0.3) is 0 Å². The van der Waals surface area contributed by atoms with Gasteiger partial charge in [-0.2, -0.15) is 0 Å². The van der Waals surface area contributed by atoms with Gasteiger partial charge in [0, 0.05) is 6.66 Å². The number of hydrogen-bond acceptors (Lipinski definition) is 5. The lowest BCUT2D eigenvalue weighted by atomic mass is 10.0. The number of unbranched alkanes of at least 4 members (excludes halogenated alkanes) is 11. The lowest BCUT2D eigenvalue weighted by Gasteiger charge is -2.26. The SMILES string of the molecule is CCCCCCCCCCCCC/C=C/[C@H](O)[C@H](N)COP(C)(=O)OC(C)(C)C. The molecule has 29 heavy (non-hydrogen) atoms. The van der Waals surface area contributed by atoms with E-state index in [2.05, 4.69) is 6.92 Å². The zero-order chi connectivity index (χ0) is 22.2. The van der Waals surface area contributed by atoms with Gasteiger partial charge in [0.15, 0.2) is 0 Å². The zero-order valence-electron chi connectivity index (χ0n) is 19.7. The molecule has 0 aliphatic rings. The monoisotopic (exact) mass is 433 g/mol. The summed E-state index contributed by atoms with van der Waals surface area (Å²) in [6, 6.07) is -0.625. The number of nitrogens with two attached hydrogens (primary N) is 1. The molecule has 5 nitrogen and oxygen atoms in total. The van der Waals surface area contributed by atoms with Gasteiger partial charge in [0.05, 0.1) is 24.4 Å². The van der Waals surface area contributed by atoms with Crippen molar-refractivity contribution in [3.8, 4) is 0 Å². The first-order valence-electron chi connectivity index (χ1n) is 11.6. The summed E-state index contributed by atoms with van der Waals surface area (Å²) in [5, 5.41) is 10.1. The van der Waals surface area contributed by atoms with Gasteiger partial charge in [0.2, 0.25) is 0 Å². The normalized spacial score (nSPS) is 16.8. The molecule has 174 valence electrons. The Morgan fingerprint density at radius 3 is 1.93 bits per heavy atom. The van der Waals surface area contributed by atoms with Crippen LogP contribution in [0.15, 0.2) is 12.2 Å². The van der Waals surface area contributed by atoms with Crippen molar-refractivity contribution in [2.24, 2.45) is 5.73 Å². The Bertz CT molecular complexity index is 462. The highest BCUT2D eigenvalue weighted by Crippen LogP contribution is 2.47. The molecule has 0 bridgehead atoms. The summed E-state index contributed by atoms with van der Waals surface area (Å²) < 4.78 is 23.0. The van der Waals surface area contributed by atoms with Crippen LogP contribution in [0.3, 0.4) is 0 Å². The number of rotatable bonds is 18. The average molecular weight is 434 g/mol. The Labute approximate surface area is 180 Å². The standard InChI is InChI=1S/C23H48NO4P/c1-6-7-8-9-10-11-12-13-14-15-16-17-18-19-22(25)21(24)20-27-29(5,26)28-23(2,3)4/h18-19,21-22,25H,6-17,20,24H2,1-5H3/b19-18+/t21-,22+,29?/m1/s1. The number of hydrogen-bond donors (Lipinski definition) is 2. The maximum atomic E-state index is 12.2. The molecular formula is C23H48NO4P. The van der Waals surface area contributed by atoms with Crippen molar-refractivity contribution in [1.29, 1.82) is 0 Å². The number of aliphatic hydroxyl groups is 1.